The Bertz CT molecular complexity index is 289. The summed E-state index contributed by atoms with van der Waals surface area (Å²) in [5.41, 5.74) is 0.438. The van der Waals surface area contributed by atoms with E-state index >= 15 is 0 Å². The van der Waals surface area contributed by atoms with Crippen LogP contribution in [0.1, 0.15) is 38.0 Å². The summed E-state index contributed by atoms with van der Waals surface area (Å²) < 4.78 is 0. The van der Waals surface area contributed by atoms with Gasteiger partial charge in [0.25, 0.3) is 0 Å². The molecule has 15 heavy (non-hydrogen) atoms. The van der Waals surface area contributed by atoms with Crippen molar-refractivity contribution in [2.75, 3.05) is 6.54 Å². The molecule has 1 aromatic rings. The number of nitrogens with one attached hydrogen (secondary N) is 1. The standard InChI is InChI=1S/C13H21NS/c1-3-13(2,10-14-11-6-7-11)9-12-5-4-8-15-12/h4-5,8,11,14H,3,6-7,9-10H2,1-2H3. The van der Waals surface area contributed by atoms with E-state index in [1.807, 2.05) is 11.3 Å². The lowest BCUT2D eigenvalue weighted by molar-refractivity contribution is 0.291. The van der Waals surface area contributed by atoms with Crippen molar-refractivity contribution < 1.29 is 0 Å². The fraction of sp³-hybridized carbons (Fsp3) is 0.692. The van der Waals surface area contributed by atoms with E-state index in [0.29, 0.717) is 5.41 Å². The molecule has 1 unspecified atom stereocenters. The van der Waals surface area contributed by atoms with Crippen molar-refractivity contribution in [1.29, 1.82) is 0 Å². The average molecular weight is 223 g/mol. The molecule has 1 saturated carbocycles. The summed E-state index contributed by atoms with van der Waals surface area (Å²) >= 11 is 1.89. The number of hydrogen-bond donors (Lipinski definition) is 1. The van der Waals surface area contributed by atoms with E-state index in [4.69, 9.17) is 0 Å². The molecule has 0 spiro atoms. The van der Waals surface area contributed by atoms with Gasteiger partial charge in [0.05, 0.1) is 0 Å². The Kier molecular flexibility index (Phi) is 3.47. The first kappa shape index (κ1) is 11.2. The van der Waals surface area contributed by atoms with Crippen LogP contribution in [0.4, 0.5) is 0 Å². The van der Waals surface area contributed by atoms with Gasteiger partial charge >= 0.3 is 0 Å². The first-order valence-electron chi connectivity index (χ1n) is 5.98. The largest absolute Gasteiger partial charge is 0.313 e. The topological polar surface area (TPSA) is 12.0 Å². The fourth-order valence-corrected chi connectivity index (χ4v) is 2.75. The van der Waals surface area contributed by atoms with Crippen molar-refractivity contribution in [2.45, 2.75) is 45.6 Å². The minimum absolute atomic E-state index is 0.438. The summed E-state index contributed by atoms with van der Waals surface area (Å²) in [6.07, 6.45) is 5.25. The van der Waals surface area contributed by atoms with E-state index < -0.39 is 0 Å². The Morgan fingerprint density at radius 2 is 2.33 bits per heavy atom. The van der Waals surface area contributed by atoms with Gasteiger partial charge in [-0.1, -0.05) is 19.9 Å². The van der Waals surface area contributed by atoms with E-state index in [-0.39, 0.29) is 0 Å². The second-order valence-corrected chi connectivity index (χ2v) is 6.11. The third-order valence-electron chi connectivity index (χ3n) is 3.43. The molecule has 2 heteroatoms. The van der Waals surface area contributed by atoms with Gasteiger partial charge in [0.1, 0.15) is 0 Å². The van der Waals surface area contributed by atoms with Gasteiger partial charge in [-0.2, -0.15) is 0 Å². The summed E-state index contributed by atoms with van der Waals surface area (Å²) in [7, 11) is 0. The van der Waals surface area contributed by atoms with Crippen LogP contribution in [0.2, 0.25) is 0 Å². The third-order valence-corrected chi connectivity index (χ3v) is 4.31. The zero-order chi connectivity index (χ0) is 10.7. The van der Waals surface area contributed by atoms with Crippen molar-refractivity contribution in [3.05, 3.63) is 22.4 Å². The molecule has 1 heterocycles. The quantitative estimate of drug-likeness (QED) is 0.779. The third kappa shape index (κ3) is 3.32. The van der Waals surface area contributed by atoms with E-state index in [1.54, 1.807) is 0 Å². The van der Waals surface area contributed by atoms with Crippen molar-refractivity contribution in [2.24, 2.45) is 5.41 Å². The Hall–Kier alpha value is -0.340. The Labute approximate surface area is 96.9 Å². The second kappa shape index (κ2) is 4.67. The van der Waals surface area contributed by atoms with Gasteiger partial charge < -0.3 is 5.32 Å². The lowest BCUT2D eigenvalue weighted by Crippen LogP contribution is -2.34. The van der Waals surface area contributed by atoms with Crippen LogP contribution in [-0.4, -0.2) is 12.6 Å². The van der Waals surface area contributed by atoms with Gasteiger partial charge in [0.15, 0.2) is 0 Å². The van der Waals surface area contributed by atoms with Crippen LogP contribution < -0.4 is 5.32 Å². The maximum Gasteiger partial charge on any atom is 0.00684 e. The summed E-state index contributed by atoms with van der Waals surface area (Å²) in [4.78, 5) is 1.52. The first-order chi connectivity index (χ1) is 7.22. The van der Waals surface area contributed by atoms with Crippen LogP contribution in [0, 0.1) is 5.41 Å². The molecule has 0 bridgehead atoms. The van der Waals surface area contributed by atoms with Gasteiger partial charge in [-0.15, -0.1) is 11.3 Å². The molecule has 1 aliphatic rings. The molecule has 0 radical (unpaired) electrons. The lowest BCUT2D eigenvalue weighted by atomic mass is 9.83. The summed E-state index contributed by atoms with van der Waals surface area (Å²) in [5.74, 6) is 0. The van der Waals surface area contributed by atoms with Crippen LogP contribution >= 0.6 is 11.3 Å². The van der Waals surface area contributed by atoms with Crippen LogP contribution in [-0.2, 0) is 6.42 Å². The Morgan fingerprint density at radius 1 is 1.53 bits per heavy atom. The van der Waals surface area contributed by atoms with Crippen molar-refractivity contribution in [1.82, 2.24) is 5.32 Å². The van der Waals surface area contributed by atoms with Crippen LogP contribution in [0.15, 0.2) is 17.5 Å². The first-order valence-corrected chi connectivity index (χ1v) is 6.85. The van der Waals surface area contributed by atoms with Crippen molar-refractivity contribution in [3.8, 4) is 0 Å². The highest BCUT2D eigenvalue weighted by Gasteiger charge is 2.27. The van der Waals surface area contributed by atoms with Crippen molar-refractivity contribution in [3.63, 3.8) is 0 Å². The number of hydrogen-bond acceptors (Lipinski definition) is 2. The molecule has 1 aromatic heterocycles. The van der Waals surface area contributed by atoms with Gasteiger partial charge in [-0.25, -0.2) is 0 Å². The van der Waals surface area contributed by atoms with Crippen molar-refractivity contribution >= 4 is 11.3 Å². The Morgan fingerprint density at radius 3 is 2.87 bits per heavy atom. The molecule has 2 rings (SSSR count). The molecule has 1 N–H and O–H groups in total. The highest BCUT2D eigenvalue weighted by atomic mass is 32.1. The van der Waals surface area contributed by atoms with Crippen LogP contribution in [0.3, 0.4) is 0 Å². The predicted molar refractivity (Wildman–Crippen MR) is 67.4 cm³/mol. The van der Waals surface area contributed by atoms with Gasteiger partial charge in [0, 0.05) is 17.5 Å². The minimum Gasteiger partial charge on any atom is -0.313 e. The summed E-state index contributed by atoms with van der Waals surface area (Å²) in [5, 5.41) is 5.85. The summed E-state index contributed by atoms with van der Waals surface area (Å²) in [6, 6.07) is 5.25. The van der Waals surface area contributed by atoms with E-state index in [1.165, 1.54) is 37.1 Å². The maximum atomic E-state index is 3.67. The van der Waals surface area contributed by atoms with E-state index in [0.717, 1.165) is 6.04 Å². The molecule has 0 saturated heterocycles. The average Bonchev–Trinajstić information content (AvgIpc) is 2.94. The highest BCUT2D eigenvalue weighted by Crippen LogP contribution is 2.29. The SMILES string of the molecule is CCC(C)(CNC1CC1)Cc1cccs1. The highest BCUT2D eigenvalue weighted by molar-refractivity contribution is 7.09. The monoisotopic (exact) mass is 223 g/mol. The smallest absolute Gasteiger partial charge is 0.00684 e. The van der Waals surface area contributed by atoms with E-state index in [2.05, 4.69) is 36.7 Å². The second-order valence-electron chi connectivity index (χ2n) is 5.08. The number of rotatable bonds is 6. The summed E-state index contributed by atoms with van der Waals surface area (Å²) in [6.45, 7) is 5.89. The zero-order valence-corrected chi connectivity index (χ0v) is 10.6. The van der Waals surface area contributed by atoms with Gasteiger partial charge in [-0.3, -0.25) is 0 Å². The number of thiophene rings is 1. The van der Waals surface area contributed by atoms with E-state index in [9.17, 15) is 0 Å². The molecule has 0 aliphatic heterocycles. The molecular formula is C13H21NS. The minimum atomic E-state index is 0.438. The van der Waals surface area contributed by atoms with Gasteiger partial charge in [-0.05, 0) is 42.5 Å². The molecule has 1 aliphatic carbocycles. The zero-order valence-electron chi connectivity index (χ0n) is 9.75. The molecule has 0 aromatic carbocycles. The van der Waals surface area contributed by atoms with Gasteiger partial charge in [0.2, 0.25) is 0 Å². The lowest BCUT2D eigenvalue weighted by Gasteiger charge is -2.28. The molecule has 0 amide bonds. The molecule has 1 fully saturated rings. The maximum absolute atomic E-state index is 3.67. The molecule has 84 valence electrons. The normalized spacial score (nSPS) is 20.1. The molecule has 1 atom stereocenters. The van der Waals surface area contributed by atoms with Crippen LogP contribution in [0.25, 0.3) is 0 Å². The van der Waals surface area contributed by atoms with Crippen LogP contribution in [0.5, 0.6) is 0 Å². The fourth-order valence-electron chi connectivity index (χ4n) is 1.82. The molecular weight excluding hydrogens is 202 g/mol. The predicted octanol–water partition coefficient (Wildman–Crippen LogP) is 3.46. The Balaban J connectivity index is 1.87. The molecule has 1 nitrogen and oxygen atoms in total.